The zero-order valence-electron chi connectivity index (χ0n) is 22.8. The number of likely N-dealkylation sites (tertiary alicyclic amines) is 1. The van der Waals surface area contributed by atoms with Gasteiger partial charge in [0.15, 0.2) is 0 Å². The quantitative estimate of drug-likeness (QED) is 0.534. The lowest BCUT2D eigenvalue weighted by Crippen LogP contribution is -2.57. The fourth-order valence-corrected chi connectivity index (χ4v) is 6.09. The van der Waals surface area contributed by atoms with Gasteiger partial charge in [0.05, 0.1) is 7.11 Å². The van der Waals surface area contributed by atoms with Crippen LogP contribution in [0.15, 0.2) is 30.3 Å². The van der Waals surface area contributed by atoms with Gasteiger partial charge in [-0.2, -0.15) is 0 Å². The predicted octanol–water partition coefficient (Wildman–Crippen LogP) is 4.89. The number of carbonyl (C=O) groups excluding carboxylic acids is 2. The smallest absolute Gasteiger partial charge is 0.254 e. The molecule has 8 heteroatoms. The minimum absolute atomic E-state index is 0.0254. The third kappa shape index (κ3) is 5.51. The molecule has 5 rings (SSSR count). The van der Waals surface area contributed by atoms with E-state index < -0.39 is 5.67 Å². The summed E-state index contributed by atoms with van der Waals surface area (Å²) in [5.74, 6) is 1.44. The normalized spacial score (nSPS) is 22.6. The standard InChI is InChI=1S/C30H38FN3O4/c1-19-5-8-22(14-27(19)37-4)32-28(35)21-6-9-23(10-7-21)34-16-26-20(2)13-24(15-25(26)29(34)36)38-12-11-33-17-30(3,31)18-33/h5,8,13-15,21,23H,6-7,9-12,16-18H2,1-4H3,(H,32,35). The molecule has 7 nitrogen and oxygen atoms in total. The van der Waals surface area contributed by atoms with Gasteiger partial charge in [0.2, 0.25) is 5.91 Å². The molecule has 0 aromatic heterocycles. The van der Waals surface area contributed by atoms with Crippen molar-refractivity contribution in [1.82, 2.24) is 9.80 Å². The van der Waals surface area contributed by atoms with E-state index in [4.69, 9.17) is 9.47 Å². The van der Waals surface area contributed by atoms with Crippen molar-refractivity contribution in [2.45, 2.75) is 64.7 Å². The second-order valence-corrected chi connectivity index (χ2v) is 11.4. The van der Waals surface area contributed by atoms with Crippen LogP contribution in [0.25, 0.3) is 0 Å². The Kier molecular flexibility index (Phi) is 7.36. The van der Waals surface area contributed by atoms with Crippen LogP contribution < -0.4 is 14.8 Å². The summed E-state index contributed by atoms with van der Waals surface area (Å²) in [6.45, 7) is 8.24. The van der Waals surface area contributed by atoms with Crippen LogP contribution in [0.2, 0.25) is 0 Å². The number of amides is 2. The van der Waals surface area contributed by atoms with E-state index in [1.807, 2.05) is 54.0 Å². The van der Waals surface area contributed by atoms with Crippen molar-refractivity contribution < 1.29 is 23.5 Å². The molecule has 3 aliphatic rings. The van der Waals surface area contributed by atoms with E-state index in [2.05, 4.69) is 5.32 Å². The number of fused-ring (bicyclic) bond motifs is 1. The Morgan fingerprint density at radius 1 is 1.11 bits per heavy atom. The monoisotopic (exact) mass is 523 g/mol. The van der Waals surface area contributed by atoms with Gasteiger partial charge in [0.25, 0.3) is 5.91 Å². The fourth-order valence-electron chi connectivity index (χ4n) is 6.09. The highest BCUT2D eigenvalue weighted by atomic mass is 19.1. The van der Waals surface area contributed by atoms with Crippen LogP contribution in [0, 0.1) is 19.8 Å². The molecule has 0 atom stereocenters. The van der Waals surface area contributed by atoms with Crippen LogP contribution in [-0.2, 0) is 11.3 Å². The zero-order valence-corrected chi connectivity index (χ0v) is 22.8. The average Bonchev–Trinajstić information content (AvgIpc) is 3.21. The highest BCUT2D eigenvalue weighted by molar-refractivity contribution is 5.99. The van der Waals surface area contributed by atoms with E-state index in [9.17, 15) is 14.0 Å². The maximum absolute atomic E-state index is 13.7. The third-order valence-corrected chi connectivity index (χ3v) is 8.23. The second-order valence-electron chi connectivity index (χ2n) is 11.4. The van der Waals surface area contributed by atoms with Crippen molar-refractivity contribution in [1.29, 1.82) is 0 Å². The average molecular weight is 524 g/mol. The number of methoxy groups -OCH3 is 1. The first-order valence-electron chi connectivity index (χ1n) is 13.6. The maximum atomic E-state index is 13.7. The summed E-state index contributed by atoms with van der Waals surface area (Å²) in [5, 5.41) is 3.03. The largest absolute Gasteiger partial charge is 0.496 e. The number of benzene rings is 2. The summed E-state index contributed by atoms with van der Waals surface area (Å²) in [7, 11) is 1.63. The first-order valence-corrected chi connectivity index (χ1v) is 13.6. The number of halogens is 1. The van der Waals surface area contributed by atoms with Crippen LogP contribution in [0.3, 0.4) is 0 Å². The molecular weight excluding hydrogens is 485 g/mol. The van der Waals surface area contributed by atoms with Crippen LogP contribution in [-0.4, -0.2) is 66.7 Å². The number of carbonyl (C=O) groups is 2. The van der Waals surface area contributed by atoms with Gasteiger partial charge < -0.3 is 19.7 Å². The molecule has 2 amide bonds. The number of hydrogen-bond donors (Lipinski definition) is 1. The Morgan fingerprint density at radius 2 is 1.84 bits per heavy atom. The molecule has 2 aliphatic heterocycles. The Bertz CT molecular complexity index is 1210. The fraction of sp³-hybridized carbons (Fsp3) is 0.533. The lowest BCUT2D eigenvalue weighted by Gasteiger charge is -2.42. The van der Waals surface area contributed by atoms with Gasteiger partial charge in [0.1, 0.15) is 23.8 Å². The lowest BCUT2D eigenvalue weighted by molar-refractivity contribution is -0.121. The van der Waals surface area contributed by atoms with Gasteiger partial charge in [-0.15, -0.1) is 0 Å². The van der Waals surface area contributed by atoms with E-state index in [0.717, 1.165) is 53.8 Å². The number of nitrogens with zero attached hydrogens (tertiary/aromatic N) is 2. The summed E-state index contributed by atoms with van der Waals surface area (Å²) in [6, 6.07) is 9.66. The number of rotatable bonds is 8. The highest BCUT2D eigenvalue weighted by Gasteiger charge is 2.39. The Balaban J connectivity index is 1.14. The van der Waals surface area contributed by atoms with Gasteiger partial charge in [-0.05, 0) is 81.3 Å². The van der Waals surface area contributed by atoms with Crippen LogP contribution in [0.1, 0.15) is 59.7 Å². The van der Waals surface area contributed by atoms with E-state index in [-0.39, 0.29) is 23.8 Å². The molecule has 0 spiro atoms. The number of hydrogen-bond acceptors (Lipinski definition) is 5. The lowest BCUT2D eigenvalue weighted by atomic mass is 9.84. The van der Waals surface area contributed by atoms with Gasteiger partial charge in [0, 0.05) is 55.5 Å². The van der Waals surface area contributed by atoms with Crippen molar-refractivity contribution >= 4 is 17.5 Å². The third-order valence-electron chi connectivity index (χ3n) is 8.23. The molecule has 2 fully saturated rings. The Morgan fingerprint density at radius 3 is 2.53 bits per heavy atom. The van der Waals surface area contributed by atoms with Crippen LogP contribution in [0.5, 0.6) is 11.5 Å². The maximum Gasteiger partial charge on any atom is 0.254 e. The van der Waals surface area contributed by atoms with E-state index in [1.165, 1.54) is 0 Å². The molecule has 2 aromatic carbocycles. The summed E-state index contributed by atoms with van der Waals surface area (Å²) >= 11 is 0. The van der Waals surface area contributed by atoms with E-state index in [1.54, 1.807) is 14.0 Å². The van der Waals surface area contributed by atoms with Gasteiger partial charge in [-0.1, -0.05) is 6.07 Å². The van der Waals surface area contributed by atoms with Gasteiger partial charge in [-0.3, -0.25) is 14.5 Å². The molecule has 1 aliphatic carbocycles. The zero-order chi connectivity index (χ0) is 27.0. The number of nitrogens with one attached hydrogen (secondary N) is 1. The van der Waals surface area contributed by atoms with Crippen molar-refractivity contribution in [2.24, 2.45) is 5.92 Å². The SMILES string of the molecule is COc1cc(NC(=O)C2CCC(N3Cc4c(C)cc(OCCN5CC(C)(F)C5)cc4C3=O)CC2)ccc1C. The van der Waals surface area contributed by atoms with Crippen molar-refractivity contribution in [3.8, 4) is 11.5 Å². The Hall–Kier alpha value is -3.13. The van der Waals surface area contributed by atoms with Crippen molar-refractivity contribution in [3.63, 3.8) is 0 Å². The molecule has 204 valence electrons. The summed E-state index contributed by atoms with van der Waals surface area (Å²) < 4.78 is 25.0. The Labute approximate surface area is 224 Å². The molecule has 0 radical (unpaired) electrons. The van der Waals surface area contributed by atoms with E-state index in [0.29, 0.717) is 44.1 Å². The molecule has 1 saturated heterocycles. The second kappa shape index (κ2) is 10.6. The molecule has 0 bridgehead atoms. The summed E-state index contributed by atoms with van der Waals surface area (Å²) in [4.78, 5) is 30.3. The van der Waals surface area contributed by atoms with Crippen LogP contribution >= 0.6 is 0 Å². The van der Waals surface area contributed by atoms with Crippen molar-refractivity contribution in [3.05, 3.63) is 52.6 Å². The molecule has 1 N–H and O–H groups in total. The molecular formula is C30H38FN3O4. The summed E-state index contributed by atoms with van der Waals surface area (Å²) in [6.07, 6.45) is 3.12. The topological polar surface area (TPSA) is 71.1 Å². The minimum Gasteiger partial charge on any atom is -0.496 e. The van der Waals surface area contributed by atoms with Gasteiger partial charge >= 0.3 is 0 Å². The number of alkyl halides is 1. The van der Waals surface area contributed by atoms with Gasteiger partial charge in [-0.25, -0.2) is 4.39 Å². The summed E-state index contributed by atoms with van der Waals surface area (Å²) in [5.41, 5.74) is 3.51. The molecule has 1 saturated carbocycles. The predicted molar refractivity (Wildman–Crippen MR) is 145 cm³/mol. The van der Waals surface area contributed by atoms with Crippen LogP contribution in [0.4, 0.5) is 10.1 Å². The molecule has 2 aromatic rings. The number of anilines is 1. The van der Waals surface area contributed by atoms with E-state index >= 15 is 0 Å². The highest BCUT2D eigenvalue weighted by Crippen LogP contribution is 2.36. The molecule has 2 heterocycles. The minimum atomic E-state index is -1.09. The number of ether oxygens (including phenoxy) is 2. The van der Waals surface area contributed by atoms with Crippen molar-refractivity contribution in [2.75, 3.05) is 38.7 Å². The first kappa shape index (κ1) is 26.5. The number of aryl methyl sites for hydroxylation is 2. The molecule has 38 heavy (non-hydrogen) atoms. The first-order chi connectivity index (χ1) is 18.1. The molecule has 0 unspecified atom stereocenters.